The van der Waals surface area contributed by atoms with Gasteiger partial charge in [0.25, 0.3) is 5.91 Å². The minimum Gasteiger partial charge on any atom is -0.350 e. The van der Waals surface area contributed by atoms with Crippen molar-refractivity contribution < 1.29 is 6.22 Å². The quantitative estimate of drug-likeness (QED) is 0.800. The highest BCUT2D eigenvalue weighted by Crippen LogP contribution is 2.01. The van der Waals surface area contributed by atoms with E-state index in [2.05, 4.69) is 10.3 Å². The largest absolute Gasteiger partial charge is 0.350 e. The molecule has 14 heavy (non-hydrogen) atoms. The molecule has 1 aromatic heterocycles. The number of rotatable bonds is 3. The lowest BCUT2D eigenvalue weighted by atomic mass is 10.2. The molecule has 0 aliphatic carbocycles. The summed E-state index contributed by atoms with van der Waals surface area (Å²) in [5.74, 6) is -0.0600. The molecule has 3 heteroatoms. The van der Waals surface area contributed by atoms with Gasteiger partial charge in [-0.3, -0.25) is 9.78 Å². The number of hydrogen-bond acceptors (Lipinski definition) is 2. The molecular weight excluding hydrogens is 176 g/mol. The van der Waals surface area contributed by atoms with Gasteiger partial charge in [-0.25, -0.2) is 0 Å². The number of nitrogens with zero attached hydrogens (tertiary/aromatic N) is 1. The summed E-state index contributed by atoms with van der Waals surface area (Å²) in [6.45, 7) is 5.91. The summed E-state index contributed by atoms with van der Waals surface area (Å²) in [7, 11) is 0. The van der Waals surface area contributed by atoms with Crippen molar-refractivity contribution in [3.8, 4) is 0 Å². The third-order valence-electron chi connectivity index (χ3n) is 1.87. The van der Waals surface area contributed by atoms with Crippen LogP contribution in [0.4, 0.5) is 0 Å². The molecule has 0 fully saturated rings. The van der Waals surface area contributed by atoms with Crippen molar-refractivity contribution in [2.24, 2.45) is 0 Å². The maximum Gasteiger partial charge on any atom is 0.253 e. The van der Waals surface area contributed by atoms with E-state index in [1.54, 1.807) is 6.20 Å². The Morgan fingerprint density at radius 1 is 1.57 bits per heavy atom. The molecule has 78 valence electrons. The first-order valence-corrected chi connectivity index (χ1v) is 4.89. The van der Waals surface area contributed by atoms with Crippen molar-refractivity contribution in [2.45, 2.75) is 33.2 Å². The molecule has 0 unspecified atom stereocenters. The molecular formula is C11H18N2O. The summed E-state index contributed by atoms with van der Waals surface area (Å²) in [5.41, 5.74) is 1.63. The van der Waals surface area contributed by atoms with Crippen LogP contribution in [0.25, 0.3) is 0 Å². The molecule has 0 radical (unpaired) electrons. The molecule has 0 saturated carbocycles. The second kappa shape index (κ2) is 4.74. The molecule has 0 aliphatic rings. The smallest absolute Gasteiger partial charge is 0.253 e. The maximum atomic E-state index is 11.5. The van der Waals surface area contributed by atoms with E-state index < -0.39 is 0 Å². The predicted molar refractivity (Wildman–Crippen MR) is 58.3 cm³/mol. The van der Waals surface area contributed by atoms with E-state index >= 15 is 0 Å². The van der Waals surface area contributed by atoms with Crippen LogP contribution in [0.3, 0.4) is 0 Å². The van der Waals surface area contributed by atoms with Crippen molar-refractivity contribution in [3.63, 3.8) is 0 Å². The molecule has 0 atom stereocenters. The number of amides is 1. The highest BCUT2D eigenvalue weighted by Gasteiger charge is 2.06. The molecule has 1 aromatic rings. The zero-order valence-electron chi connectivity index (χ0n) is 8.87. The van der Waals surface area contributed by atoms with E-state index in [-0.39, 0.29) is 13.4 Å². The lowest BCUT2D eigenvalue weighted by molar-refractivity contribution is 0.0942. The van der Waals surface area contributed by atoms with Gasteiger partial charge in [-0.1, -0.05) is 6.92 Å². The van der Waals surface area contributed by atoms with E-state index in [1.165, 1.54) is 0 Å². The molecule has 0 aromatic carbocycles. The first-order chi connectivity index (χ1) is 6.63. The number of nitrogens with one attached hydrogen (secondary N) is 1. The van der Waals surface area contributed by atoms with E-state index in [0.717, 1.165) is 12.1 Å². The van der Waals surface area contributed by atoms with E-state index in [0.29, 0.717) is 5.56 Å². The fourth-order valence-corrected chi connectivity index (χ4v) is 1.11. The van der Waals surface area contributed by atoms with E-state index in [4.69, 9.17) is 0 Å². The van der Waals surface area contributed by atoms with Crippen LogP contribution < -0.4 is 5.32 Å². The summed E-state index contributed by atoms with van der Waals surface area (Å²) in [6, 6.07) is 3.85. The maximum absolute atomic E-state index is 11.5. The van der Waals surface area contributed by atoms with E-state index in [9.17, 15) is 4.79 Å². The Kier molecular flexibility index (Phi) is 3.63. The van der Waals surface area contributed by atoms with Crippen molar-refractivity contribution in [1.82, 2.24) is 10.3 Å². The van der Waals surface area contributed by atoms with Gasteiger partial charge in [0, 0.05) is 19.4 Å². The number of pyridine rings is 1. The highest BCUT2D eigenvalue weighted by atomic mass is 16.1. The van der Waals surface area contributed by atoms with Crippen LogP contribution in [0.2, 0.25) is 0 Å². The molecule has 1 N–H and O–H groups in total. The molecule has 3 nitrogen and oxygen atoms in total. The van der Waals surface area contributed by atoms with Gasteiger partial charge < -0.3 is 5.32 Å². The molecule has 1 amide bonds. The molecule has 0 spiro atoms. The lowest BCUT2D eigenvalue weighted by Crippen LogP contribution is -2.30. The third kappa shape index (κ3) is 2.83. The standard InChI is InChI=1S/C11H16N2O.H2/c1-4-10-6-5-9(7-12-10)11(14)13-8(2)3;/h5-8H,4H2,1-3H3,(H,13,14);1H. The first kappa shape index (κ1) is 10.7. The Hall–Kier alpha value is -1.38. The fraction of sp³-hybridized carbons (Fsp3) is 0.455. The zero-order valence-corrected chi connectivity index (χ0v) is 8.87. The van der Waals surface area contributed by atoms with Crippen LogP contribution in [0, 0.1) is 0 Å². The van der Waals surface area contributed by atoms with Gasteiger partial charge in [0.15, 0.2) is 0 Å². The second-order valence-electron chi connectivity index (χ2n) is 3.52. The minimum atomic E-state index is -0.0600. The number of hydrogen-bond donors (Lipinski definition) is 1. The topological polar surface area (TPSA) is 42.0 Å². The van der Waals surface area contributed by atoms with Crippen LogP contribution in [-0.4, -0.2) is 16.9 Å². The summed E-state index contributed by atoms with van der Waals surface area (Å²) >= 11 is 0. The van der Waals surface area contributed by atoms with Gasteiger partial charge >= 0.3 is 0 Å². The van der Waals surface area contributed by atoms with Crippen LogP contribution in [0.15, 0.2) is 18.3 Å². The van der Waals surface area contributed by atoms with Crippen LogP contribution >= 0.6 is 0 Å². The average molecular weight is 194 g/mol. The Labute approximate surface area is 86.0 Å². The number of carbonyl (C=O) groups excluding carboxylic acids is 1. The zero-order chi connectivity index (χ0) is 10.6. The fourth-order valence-electron chi connectivity index (χ4n) is 1.11. The Morgan fingerprint density at radius 2 is 2.29 bits per heavy atom. The Morgan fingerprint density at radius 3 is 2.71 bits per heavy atom. The Balaban J connectivity index is 0.00000196. The molecule has 0 saturated heterocycles. The summed E-state index contributed by atoms with van der Waals surface area (Å²) in [5, 5.41) is 2.82. The van der Waals surface area contributed by atoms with Gasteiger partial charge in [0.05, 0.1) is 5.56 Å². The number of carbonyl (C=O) groups is 1. The number of aryl methyl sites for hydroxylation is 1. The van der Waals surface area contributed by atoms with Crippen molar-refractivity contribution >= 4 is 5.91 Å². The molecule has 0 aliphatic heterocycles. The minimum absolute atomic E-state index is 0. The van der Waals surface area contributed by atoms with Crippen LogP contribution in [0.1, 0.15) is 38.2 Å². The average Bonchev–Trinajstić information content (AvgIpc) is 2.17. The van der Waals surface area contributed by atoms with E-state index in [1.807, 2.05) is 32.9 Å². The van der Waals surface area contributed by atoms with Crippen molar-refractivity contribution in [3.05, 3.63) is 29.6 Å². The van der Waals surface area contributed by atoms with Crippen LogP contribution in [-0.2, 0) is 6.42 Å². The second-order valence-corrected chi connectivity index (χ2v) is 3.52. The van der Waals surface area contributed by atoms with Crippen molar-refractivity contribution in [2.75, 3.05) is 0 Å². The summed E-state index contributed by atoms with van der Waals surface area (Å²) in [4.78, 5) is 15.7. The summed E-state index contributed by atoms with van der Waals surface area (Å²) in [6.07, 6.45) is 2.52. The van der Waals surface area contributed by atoms with Gasteiger partial charge in [0.1, 0.15) is 0 Å². The Bertz CT molecular complexity index is 309. The summed E-state index contributed by atoms with van der Waals surface area (Å²) < 4.78 is 0. The van der Waals surface area contributed by atoms with Gasteiger partial charge in [0.2, 0.25) is 0 Å². The molecule has 1 heterocycles. The molecule has 0 bridgehead atoms. The predicted octanol–water partition coefficient (Wildman–Crippen LogP) is 2.03. The van der Waals surface area contributed by atoms with Gasteiger partial charge in [-0.15, -0.1) is 0 Å². The third-order valence-corrected chi connectivity index (χ3v) is 1.87. The monoisotopic (exact) mass is 194 g/mol. The normalized spacial score (nSPS) is 10.3. The van der Waals surface area contributed by atoms with Gasteiger partial charge in [-0.05, 0) is 32.4 Å². The SMILES string of the molecule is CCc1ccc(C(=O)NC(C)C)cn1.[HH]. The van der Waals surface area contributed by atoms with Crippen LogP contribution in [0.5, 0.6) is 0 Å². The first-order valence-electron chi connectivity index (χ1n) is 4.89. The van der Waals surface area contributed by atoms with Crippen molar-refractivity contribution in [1.29, 1.82) is 0 Å². The highest BCUT2D eigenvalue weighted by molar-refractivity contribution is 5.93. The number of aromatic nitrogens is 1. The van der Waals surface area contributed by atoms with Gasteiger partial charge in [-0.2, -0.15) is 0 Å². The lowest BCUT2D eigenvalue weighted by Gasteiger charge is -2.07. The molecule has 1 rings (SSSR count).